The molecule has 5 heteroatoms. The Kier molecular flexibility index (Phi) is 5.49. The summed E-state index contributed by atoms with van der Waals surface area (Å²) in [4.78, 5) is 14.6. The highest BCUT2D eigenvalue weighted by atomic mass is 16.5. The molecule has 3 rings (SSSR count). The van der Waals surface area contributed by atoms with Crippen molar-refractivity contribution in [1.29, 1.82) is 5.26 Å². The molecule has 5 nitrogen and oxygen atoms in total. The molecule has 1 aromatic rings. The Balaban J connectivity index is 1.60. The van der Waals surface area contributed by atoms with E-state index in [2.05, 4.69) is 6.07 Å². The maximum Gasteiger partial charge on any atom is 0.223 e. The topological polar surface area (TPSA) is 73.6 Å². The van der Waals surface area contributed by atoms with Crippen LogP contribution in [0.5, 0.6) is 0 Å². The minimum atomic E-state index is -0.314. The Labute approximate surface area is 142 Å². The van der Waals surface area contributed by atoms with Gasteiger partial charge < -0.3 is 14.7 Å². The third-order valence-corrected chi connectivity index (χ3v) is 5.22. The van der Waals surface area contributed by atoms with Crippen LogP contribution in [0.4, 0.5) is 0 Å². The molecule has 1 aliphatic heterocycles. The lowest BCUT2D eigenvalue weighted by Gasteiger charge is -2.40. The number of morpholine rings is 1. The summed E-state index contributed by atoms with van der Waals surface area (Å²) in [7, 11) is 0. The Morgan fingerprint density at radius 2 is 2.12 bits per heavy atom. The zero-order valence-corrected chi connectivity index (χ0v) is 13.9. The van der Waals surface area contributed by atoms with Gasteiger partial charge in [0.1, 0.15) is 0 Å². The second kappa shape index (κ2) is 7.78. The number of hydrogen-bond donors (Lipinski definition) is 1. The van der Waals surface area contributed by atoms with E-state index in [-0.39, 0.29) is 24.0 Å². The van der Waals surface area contributed by atoms with Gasteiger partial charge in [-0.3, -0.25) is 4.79 Å². The Morgan fingerprint density at radius 3 is 2.79 bits per heavy atom. The van der Waals surface area contributed by atoms with Gasteiger partial charge in [-0.05, 0) is 37.0 Å². The first-order valence-electron chi connectivity index (χ1n) is 8.73. The SMILES string of the molecule is N#Cc1ccc(CCC(=O)N2CCOC[C@@H]2[C@H]2CCC[C@@H]2O)cc1. The van der Waals surface area contributed by atoms with Crippen LogP contribution < -0.4 is 0 Å². The number of aryl methyl sites for hydroxylation is 1. The minimum Gasteiger partial charge on any atom is -0.393 e. The number of benzene rings is 1. The van der Waals surface area contributed by atoms with E-state index in [4.69, 9.17) is 10.00 Å². The van der Waals surface area contributed by atoms with Crippen LogP contribution in [0.25, 0.3) is 0 Å². The van der Waals surface area contributed by atoms with E-state index in [1.54, 1.807) is 12.1 Å². The second-order valence-electron chi connectivity index (χ2n) is 6.70. The van der Waals surface area contributed by atoms with E-state index in [0.717, 1.165) is 24.8 Å². The smallest absolute Gasteiger partial charge is 0.223 e. The first-order chi connectivity index (χ1) is 11.7. The highest BCUT2D eigenvalue weighted by Crippen LogP contribution is 2.32. The molecule has 0 spiro atoms. The summed E-state index contributed by atoms with van der Waals surface area (Å²) in [5.74, 6) is 0.274. The van der Waals surface area contributed by atoms with Gasteiger partial charge in [-0.2, -0.15) is 5.26 Å². The number of carbonyl (C=O) groups excluding carboxylic acids is 1. The zero-order valence-electron chi connectivity index (χ0n) is 13.9. The second-order valence-corrected chi connectivity index (χ2v) is 6.70. The number of ether oxygens (including phenoxy) is 1. The third kappa shape index (κ3) is 3.77. The van der Waals surface area contributed by atoms with Crippen molar-refractivity contribution in [2.24, 2.45) is 5.92 Å². The van der Waals surface area contributed by atoms with Crippen LogP contribution in [0.2, 0.25) is 0 Å². The average molecular weight is 328 g/mol. The first kappa shape index (κ1) is 16.9. The van der Waals surface area contributed by atoms with Crippen LogP contribution in [0.15, 0.2) is 24.3 Å². The lowest BCUT2D eigenvalue weighted by atomic mass is 9.93. The molecule has 0 unspecified atom stereocenters. The van der Waals surface area contributed by atoms with E-state index in [1.807, 2.05) is 17.0 Å². The third-order valence-electron chi connectivity index (χ3n) is 5.22. The van der Waals surface area contributed by atoms with Crippen molar-refractivity contribution in [3.05, 3.63) is 35.4 Å². The van der Waals surface area contributed by atoms with Crippen LogP contribution in [0.3, 0.4) is 0 Å². The van der Waals surface area contributed by atoms with E-state index >= 15 is 0 Å². The summed E-state index contributed by atoms with van der Waals surface area (Å²) in [6, 6.07) is 9.48. The molecule has 0 radical (unpaired) electrons. The van der Waals surface area contributed by atoms with Gasteiger partial charge in [0.15, 0.2) is 0 Å². The number of hydrogen-bond acceptors (Lipinski definition) is 4. The predicted octanol–water partition coefficient (Wildman–Crippen LogP) is 1.88. The summed E-state index contributed by atoms with van der Waals surface area (Å²) in [6.45, 7) is 1.71. The molecule has 1 heterocycles. The van der Waals surface area contributed by atoms with E-state index in [0.29, 0.717) is 38.2 Å². The summed E-state index contributed by atoms with van der Waals surface area (Å²) in [6.07, 6.45) is 3.62. The highest BCUT2D eigenvalue weighted by Gasteiger charge is 2.39. The summed E-state index contributed by atoms with van der Waals surface area (Å²) >= 11 is 0. The van der Waals surface area contributed by atoms with Crippen molar-refractivity contribution in [2.45, 2.75) is 44.2 Å². The summed E-state index contributed by atoms with van der Waals surface area (Å²) < 4.78 is 5.58. The fourth-order valence-corrected chi connectivity index (χ4v) is 3.85. The number of rotatable bonds is 4. The summed E-state index contributed by atoms with van der Waals surface area (Å²) in [5, 5.41) is 19.0. The first-order valence-corrected chi connectivity index (χ1v) is 8.73. The van der Waals surface area contributed by atoms with Gasteiger partial charge in [0.05, 0.1) is 37.0 Å². The van der Waals surface area contributed by atoms with Crippen molar-refractivity contribution < 1.29 is 14.6 Å². The van der Waals surface area contributed by atoms with Crippen molar-refractivity contribution in [2.75, 3.05) is 19.8 Å². The normalized spacial score (nSPS) is 27.0. The maximum atomic E-state index is 12.7. The van der Waals surface area contributed by atoms with E-state index in [9.17, 15) is 9.90 Å². The van der Waals surface area contributed by atoms with Gasteiger partial charge in [0.25, 0.3) is 0 Å². The number of aliphatic hydroxyl groups excluding tert-OH is 1. The van der Waals surface area contributed by atoms with Crippen LogP contribution in [0.1, 0.15) is 36.8 Å². The molecule has 0 aromatic heterocycles. The molecule has 1 aliphatic carbocycles. The van der Waals surface area contributed by atoms with Gasteiger partial charge in [0.2, 0.25) is 5.91 Å². The van der Waals surface area contributed by atoms with Crippen molar-refractivity contribution in [3.8, 4) is 6.07 Å². The number of nitrogens with zero attached hydrogens (tertiary/aromatic N) is 2. The largest absolute Gasteiger partial charge is 0.393 e. The molecule has 2 fully saturated rings. The molecule has 1 saturated heterocycles. The highest BCUT2D eigenvalue weighted by molar-refractivity contribution is 5.77. The van der Waals surface area contributed by atoms with Crippen molar-refractivity contribution >= 4 is 5.91 Å². The average Bonchev–Trinajstić information content (AvgIpc) is 3.06. The number of nitriles is 1. The van der Waals surface area contributed by atoms with Gasteiger partial charge in [-0.25, -0.2) is 0 Å². The van der Waals surface area contributed by atoms with Crippen LogP contribution in [-0.4, -0.2) is 47.8 Å². The number of carbonyl (C=O) groups is 1. The zero-order chi connectivity index (χ0) is 16.9. The Morgan fingerprint density at radius 1 is 1.33 bits per heavy atom. The molecule has 24 heavy (non-hydrogen) atoms. The molecule has 1 N–H and O–H groups in total. The molecule has 2 aliphatic rings. The molecule has 128 valence electrons. The van der Waals surface area contributed by atoms with Crippen LogP contribution in [0, 0.1) is 17.2 Å². The van der Waals surface area contributed by atoms with Gasteiger partial charge in [-0.15, -0.1) is 0 Å². The molecule has 1 saturated carbocycles. The quantitative estimate of drug-likeness (QED) is 0.916. The Hall–Kier alpha value is -1.90. The molecular weight excluding hydrogens is 304 g/mol. The lowest BCUT2D eigenvalue weighted by molar-refractivity contribution is -0.143. The summed E-state index contributed by atoms with van der Waals surface area (Å²) in [5.41, 5.74) is 1.70. The number of amides is 1. The van der Waals surface area contributed by atoms with Crippen molar-refractivity contribution in [3.63, 3.8) is 0 Å². The fraction of sp³-hybridized carbons (Fsp3) is 0.579. The maximum absolute atomic E-state index is 12.7. The van der Waals surface area contributed by atoms with Gasteiger partial charge >= 0.3 is 0 Å². The lowest BCUT2D eigenvalue weighted by Crippen LogP contribution is -2.53. The molecular formula is C19H24N2O3. The standard InChI is InChI=1S/C19H24N2O3/c20-12-15-6-4-14(5-7-15)8-9-19(23)21-10-11-24-13-17(21)16-2-1-3-18(16)22/h4-7,16-18,22H,1-3,8-11,13H2/t16-,17-,18+/m1/s1. The van der Waals surface area contributed by atoms with Crippen LogP contribution in [-0.2, 0) is 16.0 Å². The predicted molar refractivity (Wildman–Crippen MR) is 89.1 cm³/mol. The monoisotopic (exact) mass is 328 g/mol. The van der Waals surface area contributed by atoms with Crippen LogP contribution >= 0.6 is 0 Å². The molecule has 1 aromatic carbocycles. The van der Waals surface area contributed by atoms with E-state index in [1.165, 1.54) is 0 Å². The van der Waals surface area contributed by atoms with Gasteiger partial charge in [0, 0.05) is 18.9 Å². The Bertz CT molecular complexity index is 608. The molecule has 0 bridgehead atoms. The van der Waals surface area contributed by atoms with Gasteiger partial charge in [-0.1, -0.05) is 18.6 Å². The fourth-order valence-electron chi connectivity index (χ4n) is 3.85. The van der Waals surface area contributed by atoms with E-state index < -0.39 is 0 Å². The molecule has 1 amide bonds. The van der Waals surface area contributed by atoms with Crippen molar-refractivity contribution in [1.82, 2.24) is 4.90 Å². The number of aliphatic hydroxyl groups is 1. The minimum absolute atomic E-state index is 0.00437. The molecule has 3 atom stereocenters.